The summed E-state index contributed by atoms with van der Waals surface area (Å²) >= 11 is 0. The minimum absolute atomic E-state index is 0.0528. The Labute approximate surface area is 146 Å². The molecule has 0 saturated carbocycles. The first-order chi connectivity index (χ1) is 12.1. The first kappa shape index (κ1) is 15.7. The van der Waals surface area contributed by atoms with Gasteiger partial charge in [-0.15, -0.1) is 0 Å². The minimum atomic E-state index is -0.0765. The van der Waals surface area contributed by atoms with Gasteiger partial charge in [-0.3, -0.25) is 14.5 Å². The molecule has 0 radical (unpaired) electrons. The number of nitrogens with one attached hydrogen (secondary N) is 1. The summed E-state index contributed by atoms with van der Waals surface area (Å²) in [5.74, 6) is 0.759. The number of carbonyl (C=O) groups is 1. The summed E-state index contributed by atoms with van der Waals surface area (Å²) in [4.78, 5) is 21.5. The van der Waals surface area contributed by atoms with Gasteiger partial charge >= 0.3 is 0 Å². The predicted molar refractivity (Wildman–Crippen MR) is 97.3 cm³/mol. The first-order valence-electron chi connectivity index (χ1n) is 8.67. The van der Waals surface area contributed by atoms with E-state index in [-0.39, 0.29) is 11.9 Å². The Morgan fingerprint density at radius 3 is 3.00 bits per heavy atom. The molecule has 1 aromatic carbocycles. The lowest BCUT2D eigenvalue weighted by Gasteiger charge is -2.13. The fraction of sp³-hybridized carbons (Fsp3) is 0.368. The van der Waals surface area contributed by atoms with Crippen LogP contribution in [0, 0.1) is 0 Å². The van der Waals surface area contributed by atoms with Crippen molar-refractivity contribution in [2.45, 2.75) is 32.2 Å². The van der Waals surface area contributed by atoms with E-state index in [0.717, 1.165) is 36.4 Å². The van der Waals surface area contributed by atoms with Gasteiger partial charge in [-0.25, -0.2) is 4.99 Å². The number of carbonyl (C=O) groups excluding carboxylic acids is 1. The average molecular weight is 335 g/mol. The van der Waals surface area contributed by atoms with Gasteiger partial charge in [0.1, 0.15) is 0 Å². The smallest absolute Gasteiger partial charge is 0.254 e. The van der Waals surface area contributed by atoms with Crippen LogP contribution in [0.2, 0.25) is 0 Å². The maximum atomic E-state index is 12.4. The van der Waals surface area contributed by atoms with E-state index in [9.17, 15) is 4.79 Å². The normalized spacial score (nSPS) is 18.7. The summed E-state index contributed by atoms with van der Waals surface area (Å²) in [5.41, 5.74) is 5.27. The number of fused-ring (bicyclic) bond motifs is 1. The van der Waals surface area contributed by atoms with Crippen molar-refractivity contribution in [1.82, 2.24) is 15.1 Å². The van der Waals surface area contributed by atoms with E-state index in [1.807, 2.05) is 0 Å². The summed E-state index contributed by atoms with van der Waals surface area (Å²) in [7, 11) is 1.81. The van der Waals surface area contributed by atoms with E-state index in [4.69, 9.17) is 0 Å². The molecule has 0 saturated heterocycles. The lowest BCUT2D eigenvalue weighted by atomic mass is 10.0. The molecule has 128 valence electrons. The standard InChI is InChI=1S/C19H21N5O/c1-3-15-10-20-18(22-15)13-4-6-16-12(8-13)5-7-17(16)23-19(25)14-9-21-24(2)11-14/h4,6,8-9,11,17H,3,5,7,10H2,1-2H3,(H,23,25). The Kier molecular flexibility index (Phi) is 3.95. The third kappa shape index (κ3) is 2.99. The molecule has 4 rings (SSSR count). The van der Waals surface area contributed by atoms with Gasteiger partial charge in [-0.2, -0.15) is 5.10 Å². The number of nitrogens with zero attached hydrogens (tertiary/aromatic N) is 4. The van der Waals surface area contributed by atoms with E-state index >= 15 is 0 Å². The number of hydrogen-bond donors (Lipinski definition) is 1. The molecule has 2 heterocycles. The van der Waals surface area contributed by atoms with Gasteiger partial charge in [0.25, 0.3) is 5.91 Å². The highest BCUT2D eigenvalue weighted by atomic mass is 16.1. The molecular weight excluding hydrogens is 314 g/mol. The molecular formula is C19H21N5O. The summed E-state index contributed by atoms with van der Waals surface area (Å²) in [6.45, 7) is 2.82. The summed E-state index contributed by atoms with van der Waals surface area (Å²) in [6, 6.07) is 6.39. The fourth-order valence-electron chi connectivity index (χ4n) is 3.42. The zero-order valence-electron chi connectivity index (χ0n) is 14.5. The van der Waals surface area contributed by atoms with E-state index in [0.29, 0.717) is 12.1 Å². The average Bonchev–Trinajstić information content (AvgIpc) is 3.34. The zero-order valence-corrected chi connectivity index (χ0v) is 14.5. The van der Waals surface area contributed by atoms with Crippen LogP contribution in [0.1, 0.15) is 52.9 Å². The Bertz CT molecular complexity index is 893. The van der Waals surface area contributed by atoms with E-state index in [2.05, 4.69) is 45.5 Å². The predicted octanol–water partition coefficient (Wildman–Crippen LogP) is 2.45. The highest BCUT2D eigenvalue weighted by Crippen LogP contribution is 2.32. The SMILES string of the molecule is CCC1=NC(c2ccc3c(c2)CCC3NC(=O)c2cnn(C)c2)=NC1. The minimum Gasteiger partial charge on any atom is -0.345 e. The van der Waals surface area contributed by atoms with Crippen LogP contribution in [-0.4, -0.2) is 33.8 Å². The van der Waals surface area contributed by atoms with Crippen molar-refractivity contribution < 1.29 is 4.79 Å². The molecule has 0 fully saturated rings. The molecule has 1 atom stereocenters. The molecule has 6 heteroatoms. The number of aliphatic imine (C=N–C) groups is 2. The molecule has 1 aromatic heterocycles. The number of rotatable bonds is 4. The number of aryl methyl sites for hydroxylation is 2. The molecule has 1 N–H and O–H groups in total. The van der Waals surface area contributed by atoms with Gasteiger partial charge in [0.2, 0.25) is 0 Å². The third-order valence-electron chi connectivity index (χ3n) is 4.83. The topological polar surface area (TPSA) is 71.6 Å². The maximum Gasteiger partial charge on any atom is 0.254 e. The van der Waals surface area contributed by atoms with Gasteiger partial charge < -0.3 is 5.32 Å². The molecule has 2 aromatic rings. The monoisotopic (exact) mass is 335 g/mol. The molecule has 1 amide bonds. The highest BCUT2D eigenvalue weighted by molar-refractivity contribution is 6.11. The Morgan fingerprint density at radius 2 is 2.28 bits per heavy atom. The largest absolute Gasteiger partial charge is 0.345 e. The van der Waals surface area contributed by atoms with E-state index in [1.165, 1.54) is 11.1 Å². The van der Waals surface area contributed by atoms with Crippen molar-refractivity contribution in [2.24, 2.45) is 17.0 Å². The fourth-order valence-corrected chi connectivity index (χ4v) is 3.42. The second-order valence-corrected chi connectivity index (χ2v) is 6.55. The van der Waals surface area contributed by atoms with Crippen molar-refractivity contribution in [1.29, 1.82) is 0 Å². The van der Waals surface area contributed by atoms with Gasteiger partial charge in [-0.05, 0) is 36.5 Å². The van der Waals surface area contributed by atoms with Crippen LogP contribution in [0.3, 0.4) is 0 Å². The molecule has 6 nitrogen and oxygen atoms in total. The lowest BCUT2D eigenvalue weighted by molar-refractivity contribution is 0.0936. The molecule has 1 unspecified atom stereocenters. The highest BCUT2D eigenvalue weighted by Gasteiger charge is 2.25. The number of amides is 1. The second kappa shape index (κ2) is 6.27. The van der Waals surface area contributed by atoms with Gasteiger partial charge in [-0.1, -0.05) is 19.1 Å². The van der Waals surface area contributed by atoms with Gasteiger partial charge in [0, 0.05) is 24.5 Å². The molecule has 1 aliphatic carbocycles. The molecule has 2 aliphatic rings. The van der Waals surface area contributed by atoms with Crippen LogP contribution in [0.5, 0.6) is 0 Å². The van der Waals surface area contributed by atoms with Crippen LogP contribution in [0.15, 0.2) is 40.6 Å². The van der Waals surface area contributed by atoms with Gasteiger partial charge in [0.15, 0.2) is 5.84 Å². The summed E-state index contributed by atoms with van der Waals surface area (Å²) < 4.78 is 1.64. The first-order valence-corrected chi connectivity index (χ1v) is 8.67. The van der Waals surface area contributed by atoms with Crippen LogP contribution in [0.4, 0.5) is 0 Å². The number of hydrogen-bond acceptors (Lipinski definition) is 4. The van der Waals surface area contributed by atoms with Gasteiger partial charge in [0.05, 0.1) is 24.3 Å². The molecule has 25 heavy (non-hydrogen) atoms. The summed E-state index contributed by atoms with van der Waals surface area (Å²) in [5, 5.41) is 7.18. The molecule has 0 spiro atoms. The van der Waals surface area contributed by atoms with Crippen molar-refractivity contribution >= 4 is 17.5 Å². The second-order valence-electron chi connectivity index (χ2n) is 6.55. The van der Waals surface area contributed by atoms with Crippen molar-refractivity contribution in [3.8, 4) is 0 Å². The lowest BCUT2D eigenvalue weighted by Crippen LogP contribution is -2.26. The maximum absolute atomic E-state index is 12.4. The number of amidine groups is 1. The Morgan fingerprint density at radius 1 is 1.40 bits per heavy atom. The van der Waals surface area contributed by atoms with Crippen molar-refractivity contribution in [3.63, 3.8) is 0 Å². The van der Waals surface area contributed by atoms with Crippen molar-refractivity contribution in [3.05, 3.63) is 52.8 Å². The Balaban J connectivity index is 1.52. The summed E-state index contributed by atoms with van der Waals surface area (Å²) in [6.07, 6.45) is 6.14. The number of benzene rings is 1. The van der Waals surface area contributed by atoms with Crippen molar-refractivity contribution in [2.75, 3.05) is 6.54 Å². The number of aromatic nitrogens is 2. The zero-order chi connectivity index (χ0) is 17.4. The van der Waals surface area contributed by atoms with E-state index in [1.54, 1.807) is 24.1 Å². The van der Waals surface area contributed by atoms with E-state index < -0.39 is 0 Å². The Hall–Kier alpha value is -2.76. The van der Waals surface area contributed by atoms with Crippen LogP contribution in [-0.2, 0) is 13.5 Å². The third-order valence-corrected chi connectivity index (χ3v) is 4.83. The van der Waals surface area contributed by atoms with Crippen LogP contribution in [0.25, 0.3) is 0 Å². The molecule has 1 aliphatic heterocycles. The van der Waals surface area contributed by atoms with Crippen LogP contribution >= 0.6 is 0 Å². The van der Waals surface area contributed by atoms with Crippen LogP contribution < -0.4 is 5.32 Å². The molecule has 0 bridgehead atoms. The quantitative estimate of drug-likeness (QED) is 0.932.